The molecule has 1 aromatic heterocycles. The molecule has 27 heavy (non-hydrogen) atoms. The molecule has 0 aliphatic rings. The molecule has 7 nitrogen and oxygen atoms in total. The molecule has 0 bridgehead atoms. The zero-order valence-electron chi connectivity index (χ0n) is 14.9. The second-order valence-corrected chi connectivity index (χ2v) is 6.17. The van der Waals surface area contributed by atoms with E-state index >= 15 is 0 Å². The van der Waals surface area contributed by atoms with Crippen molar-refractivity contribution in [1.82, 2.24) is 9.55 Å². The molecule has 2 aromatic carbocycles. The van der Waals surface area contributed by atoms with Gasteiger partial charge in [0, 0.05) is 31.3 Å². The van der Waals surface area contributed by atoms with Gasteiger partial charge >= 0.3 is 0 Å². The first-order chi connectivity index (χ1) is 13.0. The quantitative estimate of drug-likeness (QED) is 0.703. The van der Waals surface area contributed by atoms with Gasteiger partial charge < -0.3 is 10.6 Å². The van der Waals surface area contributed by atoms with E-state index in [1.54, 1.807) is 42.5 Å². The van der Waals surface area contributed by atoms with E-state index in [-0.39, 0.29) is 23.8 Å². The van der Waals surface area contributed by atoms with Gasteiger partial charge in [-0.25, -0.2) is 4.98 Å². The molecule has 0 atom stereocenters. The van der Waals surface area contributed by atoms with Crippen LogP contribution in [0, 0.1) is 0 Å². The molecule has 138 valence electrons. The van der Waals surface area contributed by atoms with Crippen LogP contribution < -0.4 is 16.2 Å². The van der Waals surface area contributed by atoms with Crippen molar-refractivity contribution in [2.75, 3.05) is 10.6 Å². The average Bonchev–Trinajstić information content (AvgIpc) is 2.63. The highest BCUT2D eigenvalue weighted by Crippen LogP contribution is 2.15. The number of nitrogens with zero attached hydrogens (tertiary/aromatic N) is 2. The molecule has 0 unspecified atom stereocenters. The molecule has 2 N–H and O–H groups in total. The Labute approximate surface area is 156 Å². The Morgan fingerprint density at radius 3 is 2.56 bits per heavy atom. The highest BCUT2D eigenvalue weighted by Gasteiger charge is 2.06. The second kappa shape index (κ2) is 8.27. The Balaban J connectivity index is 1.56. The minimum absolute atomic E-state index is 0.107. The maximum atomic E-state index is 12.4. The second-order valence-electron chi connectivity index (χ2n) is 6.17. The van der Waals surface area contributed by atoms with Gasteiger partial charge in [0.05, 0.1) is 17.2 Å². The number of nitrogens with one attached hydrogen (secondary N) is 2. The summed E-state index contributed by atoms with van der Waals surface area (Å²) in [4.78, 5) is 39.9. The van der Waals surface area contributed by atoms with Gasteiger partial charge in [-0.1, -0.05) is 18.2 Å². The maximum absolute atomic E-state index is 12.4. The number of carbonyl (C=O) groups excluding carboxylic acids is 2. The SMILES string of the molecule is CC(=O)Nc1cccc(NC(=O)CCCn2cnc3ccccc3c2=O)c1. The topological polar surface area (TPSA) is 93.1 Å². The van der Waals surface area contributed by atoms with Crippen molar-refractivity contribution in [2.45, 2.75) is 26.3 Å². The summed E-state index contributed by atoms with van der Waals surface area (Å²) >= 11 is 0. The van der Waals surface area contributed by atoms with Gasteiger partial charge in [0.25, 0.3) is 5.56 Å². The average molecular weight is 364 g/mol. The number of aryl methyl sites for hydroxylation is 1. The van der Waals surface area contributed by atoms with Crippen molar-refractivity contribution in [3.8, 4) is 0 Å². The van der Waals surface area contributed by atoms with E-state index in [1.165, 1.54) is 17.8 Å². The summed E-state index contributed by atoms with van der Waals surface area (Å²) in [7, 11) is 0. The van der Waals surface area contributed by atoms with Crippen molar-refractivity contribution in [2.24, 2.45) is 0 Å². The van der Waals surface area contributed by atoms with E-state index in [9.17, 15) is 14.4 Å². The number of anilines is 2. The van der Waals surface area contributed by atoms with E-state index in [0.29, 0.717) is 35.2 Å². The van der Waals surface area contributed by atoms with Crippen LogP contribution in [-0.4, -0.2) is 21.4 Å². The van der Waals surface area contributed by atoms with Crippen LogP contribution in [0.25, 0.3) is 10.9 Å². The van der Waals surface area contributed by atoms with Gasteiger partial charge in [0.2, 0.25) is 11.8 Å². The molecule has 0 saturated heterocycles. The Bertz CT molecular complexity index is 1040. The Hall–Kier alpha value is -3.48. The third-order valence-electron chi connectivity index (χ3n) is 4.00. The van der Waals surface area contributed by atoms with Crippen LogP contribution in [0.15, 0.2) is 59.7 Å². The monoisotopic (exact) mass is 364 g/mol. The van der Waals surface area contributed by atoms with Crippen LogP contribution in [-0.2, 0) is 16.1 Å². The number of aromatic nitrogens is 2. The van der Waals surface area contributed by atoms with E-state index < -0.39 is 0 Å². The van der Waals surface area contributed by atoms with Crippen molar-refractivity contribution in [3.05, 3.63) is 65.2 Å². The molecule has 0 spiro atoms. The summed E-state index contributed by atoms with van der Waals surface area (Å²) in [6, 6.07) is 14.1. The molecule has 1 heterocycles. The summed E-state index contributed by atoms with van der Waals surface area (Å²) in [5.41, 5.74) is 1.78. The van der Waals surface area contributed by atoms with Crippen molar-refractivity contribution < 1.29 is 9.59 Å². The fourth-order valence-electron chi connectivity index (χ4n) is 2.78. The van der Waals surface area contributed by atoms with Crippen molar-refractivity contribution in [1.29, 1.82) is 0 Å². The number of hydrogen-bond acceptors (Lipinski definition) is 4. The lowest BCUT2D eigenvalue weighted by atomic mass is 10.2. The van der Waals surface area contributed by atoms with E-state index in [4.69, 9.17) is 0 Å². The summed E-state index contributed by atoms with van der Waals surface area (Å²) < 4.78 is 1.52. The highest BCUT2D eigenvalue weighted by molar-refractivity contribution is 5.93. The fraction of sp³-hybridized carbons (Fsp3) is 0.200. The molecule has 0 saturated carbocycles. The number of fused-ring (bicyclic) bond motifs is 1. The van der Waals surface area contributed by atoms with Crippen LogP contribution in [0.3, 0.4) is 0 Å². The number of hydrogen-bond donors (Lipinski definition) is 2. The lowest BCUT2D eigenvalue weighted by molar-refractivity contribution is -0.116. The first kappa shape index (κ1) is 18.3. The molecule has 7 heteroatoms. The standard InChI is InChI=1S/C20H20N4O3/c1-14(25)22-15-6-4-7-16(12-15)23-19(26)10-5-11-24-13-21-18-9-3-2-8-17(18)20(24)27/h2-4,6-9,12-13H,5,10-11H2,1H3,(H,22,25)(H,23,26). The Morgan fingerprint density at radius 2 is 1.78 bits per heavy atom. The van der Waals surface area contributed by atoms with Crippen molar-refractivity contribution in [3.63, 3.8) is 0 Å². The molecular weight excluding hydrogens is 344 g/mol. The minimum Gasteiger partial charge on any atom is -0.326 e. The normalized spacial score (nSPS) is 10.6. The molecule has 3 rings (SSSR count). The van der Waals surface area contributed by atoms with Crippen molar-refractivity contribution >= 4 is 34.1 Å². The molecule has 2 amide bonds. The largest absolute Gasteiger partial charge is 0.326 e. The highest BCUT2D eigenvalue weighted by atomic mass is 16.2. The number of amides is 2. The number of carbonyl (C=O) groups is 2. The predicted octanol–water partition coefficient (Wildman–Crippen LogP) is 2.77. The molecular formula is C20H20N4O3. The lowest BCUT2D eigenvalue weighted by Gasteiger charge is -2.09. The van der Waals surface area contributed by atoms with E-state index in [1.807, 2.05) is 6.07 Å². The number of rotatable bonds is 6. The van der Waals surface area contributed by atoms with Crippen LogP contribution in [0.1, 0.15) is 19.8 Å². The first-order valence-electron chi connectivity index (χ1n) is 8.64. The minimum atomic E-state index is -0.173. The zero-order chi connectivity index (χ0) is 19.2. The predicted molar refractivity (Wildman–Crippen MR) is 105 cm³/mol. The summed E-state index contributed by atoms with van der Waals surface area (Å²) in [6.07, 6.45) is 2.29. The van der Waals surface area contributed by atoms with Crippen LogP contribution in [0.5, 0.6) is 0 Å². The summed E-state index contributed by atoms with van der Waals surface area (Å²) in [6.45, 7) is 1.84. The molecule has 0 radical (unpaired) electrons. The third-order valence-corrected chi connectivity index (χ3v) is 4.00. The van der Waals surface area contributed by atoms with Gasteiger partial charge in [-0.3, -0.25) is 19.0 Å². The van der Waals surface area contributed by atoms with E-state index in [0.717, 1.165) is 0 Å². The van der Waals surface area contributed by atoms with Gasteiger partial charge in [0.15, 0.2) is 0 Å². The third kappa shape index (κ3) is 4.78. The molecule has 0 aliphatic heterocycles. The van der Waals surface area contributed by atoms with Crippen LogP contribution in [0.2, 0.25) is 0 Å². The first-order valence-corrected chi connectivity index (χ1v) is 8.64. The number of benzene rings is 2. The van der Waals surface area contributed by atoms with Gasteiger partial charge in [-0.15, -0.1) is 0 Å². The Morgan fingerprint density at radius 1 is 1.04 bits per heavy atom. The summed E-state index contributed by atoms with van der Waals surface area (Å²) in [5, 5.41) is 6.03. The molecule has 3 aromatic rings. The smallest absolute Gasteiger partial charge is 0.261 e. The zero-order valence-corrected chi connectivity index (χ0v) is 14.9. The lowest BCUT2D eigenvalue weighted by Crippen LogP contribution is -2.21. The molecule has 0 fully saturated rings. The fourth-order valence-corrected chi connectivity index (χ4v) is 2.78. The van der Waals surface area contributed by atoms with Gasteiger partial charge in [-0.2, -0.15) is 0 Å². The van der Waals surface area contributed by atoms with Gasteiger partial charge in [0.1, 0.15) is 0 Å². The number of para-hydroxylation sites is 1. The molecule has 0 aliphatic carbocycles. The van der Waals surface area contributed by atoms with Crippen LogP contribution >= 0.6 is 0 Å². The Kier molecular flexibility index (Phi) is 5.61. The van der Waals surface area contributed by atoms with E-state index in [2.05, 4.69) is 15.6 Å². The van der Waals surface area contributed by atoms with Gasteiger partial charge in [-0.05, 0) is 36.8 Å². The maximum Gasteiger partial charge on any atom is 0.261 e. The van der Waals surface area contributed by atoms with Crippen LogP contribution in [0.4, 0.5) is 11.4 Å². The summed E-state index contributed by atoms with van der Waals surface area (Å²) in [5.74, 6) is -0.329.